The number of rotatable bonds is 6. The van der Waals surface area contributed by atoms with Gasteiger partial charge in [0.15, 0.2) is 0 Å². The normalized spacial score (nSPS) is 18.0. The Labute approximate surface area is 193 Å². The van der Waals surface area contributed by atoms with E-state index in [1.807, 2.05) is 42.7 Å². The number of pyridine rings is 1. The molecule has 5 rings (SSSR count). The van der Waals surface area contributed by atoms with Gasteiger partial charge in [-0.1, -0.05) is 6.42 Å². The molecule has 0 atom stereocenters. The second-order valence-electron chi connectivity index (χ2n) is 8.77. The van der Waals surface area contributed by atoms with Crippen LogP contribution >= 0.6 is 11.3 Å². The van der Waals surface area contributed by atoms with Crippen LogP contribution in [-0.4, -0.2) is 51.0 Å². The number of thiazole rings is 1. The van der Waals surface area contributed by atoms with Gasteiger partial charge in [-0.05, 0) is 77.0 Å². The van der Waals surface area contributed by atoms with E-state index in [2.05, 4.69) is 25.5 Å². The Morgan fingerprint density at radius 3 is 2.69 bits per heavy atom. The maximum Gasteiger partial charge on any atom is 0.227 e. The van der Waals surface area contributed by atoms with Gasteiger partial charge in [-0.25, -0.2) is 15.0 Å². The number of aryl methyl sites for hydroxylation is 1. The van der Waals surface area contributed by atoms with E-state index in [4.69, 9.17) is 9.97 Å². The van der Waals surface area contributed by atoms with E-state index in [-0.39, 0.29) is 0 Å². The molecular weight excluding hydrogens is 418 g/mol. The third kappa shape index (κ3) is 5.14. The standard InChI is InChI=1S/C24H31N7S/c1-17-15-19(7-11-26-17)28-24-27-12-8-20(30-24)22-21(16-31-13-3-2-4-14-31)29-23(32-22)18-5-9-25-10-6-18/h7-8,11-12,15,18,25H,2-6,9-10,13-14,16H2,1H3,(H,26,27,28,30). The van der Waals surface area contributed by atoms with Crippen molar-refractivity contribution in [2.75, 3.05) is 31.5 Å². The number of anilines is 2. The summed E-state index contributed by atoms with van der Waals surface area (Å²) in [6.45, 7) is 7.37. The third-order valence-electron chi connectivity index (χ3n) is 6.27. The van der Waals surface area contributed by atoms with Crippen molar-refractivity contribution in [3.8, 4) is 10.6 Å². The molecule has 0 radical (unpaired) electrons. The van der Waals surface area contributed by atoms with Crippen LogP contribution in [0, 0.1) is 6.92 Å². The topological polar surface area (TPSA) is 78.9 Å². The summed E-state index contributed by atoms with van der Waals surface area (Å²) in [5, 5.41) is 8.07. The molecule has 5 heterocycles. The summed E-state index contributed by atoms with van der Waals surface area (Å²) >= 11 is 1.83. The second-order valence-corrected chi connectivity index (χ2v) is 9.80. The summed E-state index contributed by atoms with van der Waals surface area (Å²) in [7, 11) is 0. The molecule has 168 valence electrons. The summed E-state index contributed by atoms with van der Waals surface area (Å²) in [5.74, 6) is 1.16. The van der Waals surface area contributed by atoms with Gasteiger partial charge in [-0.2, -0.15) is 0 Å². The number of aromatic nitrogens is 4. The zero-order chi connectivity index (χ0) is 21.8. The van der Waals surface area contributed by atoms with Gasteiger partial charge in [0.05, 0.1) is 21.3 Å². The molecule has 0 bridgehead atoms. The van der Waals surface area contributed by atoms with Gasteiger partial charge in [-0.15, -0.1) is 11.3 Å². The lowest BCUT2D eigenvalue weighted by atomic mass is 9.99. The van der Waals surface area contributed by atoms with Crippen LogP contribution in [0.25, 0.3) is 10.6 Å². The molecule has 0 spiro atoms. The highest BCUT2D eigenvalue weighted by atomic mass is 32.1. The molecule has 2 aliphatic rings. The highest BCUT2D eigenvalue weighted by molar-refractivity contribution is 7.15. The number of nitrogens with zero attached hydrogens (tertiary/aromatic N) is 5. The van der Waals surface area contributed by atoms with E-state index in [0.29, 0.717) is 11.9 Å². The Kier molecular flexibility index (Phi) is 6.71. The van der Waals surface area contributed by atoms with E-state index in [0.717, 1.165) is 62.6 Å². The first-order valence-corrected chi connectivity index (χ1v) is 12.5. The first-order valence-electron chi connectivity index (χ1n) is 11.7. The van der Waals surface area contributed by atoms with E-state index in [1.165, 1.54) is 34.8 Å². The zero-order valence-corrected chi connectivity index (χ0v) is 19.5. The SMILES string of the molecule is Cc1cc(Nc2nccc(-c3sc(C4CCNCC4)nc3CN3CCCCC3)n2)ccn1. The van der Waals surface area contributed by atoms with Crippen LogP contribution in [0.1, 0.15) is 54.4 Å². The van der Waals surface area contributed by atoms with E-state index >= 15 is 0 Å². The van der Waals surface area contributed by atoms with Crippen molar-refractivity contribution in [2.24, 2.45) is 0 Å². The monoisotopic (exact) mass is 449 g/mol. The molecule has 7 nitrogen and oxygen atoms in total. The van der Waals surface area contributed by atoms with Crippen LogP contribution in [0.2, 0.25) is 0 Å². The summed E-state index contributed by atoms with van der Waals surface area (Å²) in [5.41, 5.74) is 4.04. The Morgan fingerprint density at radius 2 is 1.88 bits per heavy atom. The quantitative estimate of drug-likeness (QED) is 0.574. The smallest absolute Gasteiger partial charge is 0.227 e. The fraction of sp³-hybridized carbons (Fsp3) is 0.500. The second kappa shape index (κ2) is 10.0. The van der Waals surface area contributed by atoms with Crippen LogP contribution in [0.4, 0.5) is 11.6 Å². The molecule has 0 aromatic carbocycles. The zero-order valence-electron chi connectivity index (χ0n) is 18.7. The van der Waals surface area contributed by atoms with Crippen LogP contribution in [0.15, 0.2) is 30.6 Å². The molecule has 0 unspecified atom stereocenters. The molecule has 0 amide bonds. The van der Waals surface area contributed by atoms with Gasteiger partial charge in [-0.3, -0.25) is 9.88 Å². The predicted molar refractivity (Wildman–Crippen MR) is 129 cm³/mol. The molecule has 2 saturated heterocycles. The lowest BCUT2D eigenvalue weighted by molar-refractivity contribution is 0.219. The molecule has 3 aromatic heterocycles. The predicted octanol–water partition coefficient (Wildman–Crippen LogP) is 4.50. The maximum absolute atomic E-state index is 5.19. The Bertz CT molecular complexity index is 1040. The third-order valence-corrected chi connectivity index (χ3v) is 7.55. The molecular formula is C24H31N7S. The number of likely N-dealkylation sites (tertiary alicyclic amines) is 1. The summed E-state index contributed by atoms with van der Waals surface area (Å²) in [6, 6.07) is 5.95. The summed E-state index contributed by atoms with van der Waals surface area (Å²) < 4.78 is 0. The molecule has 2 aliphatic heterocycles. The average molecular weight is 450 g/mol. The van der Waals surface area contributed by atoms with Gasteiger partial charge in [0.25, 0.3) is 0 Å². The van der Waals surface area contributed by atoms with Crippen LogP contribution < -0.4 is 10.6 Å². The minimum Gasteiger partial charge on any atom is -0.324 e. The van der Waals surface area contributed by atoms with Gasteiger partial charge in [0.2, 0.25) is 5.95 Å². The average Bonchev–Trinajstić information content (AvgIpc) is 3.24. The van der Waals surface area contributed by atoms with Crippen LogP contribution in [0.3, 0.4) is 0 Å². The molecule has 32 heavy (non-hydrogen) atoms. The molecule has 3 aromatic rings. The van der Waals surface area contributed by atoms with E-state index in [9.17, 15) is 0 Å². The number of hydrogen-bond donors (Lipinski definition) is 2. The Hall–Kier alpha value is -2.42. The Balaban J connectivity index is 1.44. The number of nitrogens with one attached hydrogen (secondary N) is 2. The van der Waals surface area contributed by atoms with Crippen molar-refractivity contribution in [3.63, 3.8) is 0 Å². The van der Waals surface area contributed by atoms with E-state index in [1.54, 1.807) is 6.20 Å². The Morgan fingerprint density at radius 1 is 1.06 bits per heavy atom. The first-order chi connectivity index (χ1) is 15.7. The lowest BCUT2D eigenvalue weighted by Crippen LogP contribution is -2.29. The maximum atomic E-state index is 5.19. The molecule has 0 aliphatic carbocycles. The van der Waals surface area contributed by atoms with Gasteiger partial charge in [0, 0.05) is 36.2 Å². The highest BCUT2D eigenvalue weighted by Gasteiger charge is 2.24. The van der Waals surface area contributed by atoms with Crippen LogP contribution in [-0.2, 0) is 6.54 Å². The number of piperidine rings is 2. The van der Waals surface area contributed by atoms with Gasteiger partial charge < -0.3 is 10.6 Å². The van der Waals surface area contributed by atoms with Crippen LogP contribution in [0.5, 0.6) is 0 Å². The molecule has 0 saturated carbocycles. The van der Waals surface area contributed by atoms with Crippen molar-refractivity contribution < 1.29 is 0 Å². The van der Waals surface area contributed by atoms with E-state index < -0.39 is 0 Å². The minimum absolute atomic E-state index is 0.550. The highest BCUT2D eigenvalue weighted by Crippen LogP contribution is 2.37. The molecule has 8 heteroatoms. The van der Waals surface area contributed by atoms with Crippen molar-refractivity contribution in [2.45, 2.75) is 51.5 Å². The fourth-order valence-corrected chi connectivity index (χ4v) is 5.76. The number of hydrogen-bond acceptors (Lipinski definition) is 8. The van der Waals surface area contributed by atoms with Gasteiger partial charge in [0.1, 0.15) is 0 Å². The fourth-order valence-electron chi connectivity index (χ4n) is 4.55. The van der Waals surface area contributed by atoms with Crippen molar-refractivity contribution in [1.82, 2.24) is 30.2 Å². The largest absolute Gasteiger partial charge is 0.324 e. The van der Waals surface area contributed by atoms with Crippen molar-refractivity contribution in [3.05, 3.63) is 47.0 Å². The molecule has 2 N–H and O–H groups in total. The first kappa shape index (κ1) is 21.4. The minimum atomic E-state index is 0.550. The lowest BCUT2D eigenvalue weighted by Gasteiger charge is -2.26. The van der Waals surface area contributed by atoms with Gasteiger partial charge >= 0.3 is 0 Å². The summed E-state index contributed by atoms with van der Waals surface area (Å²) in [6.07, 6.45) is 9.87. The van der Waals surface area contributed by atoms with Crippen molar-refractivity contribution >= 4 is 23.0 Å². The summed E-state index contributed by atoms with van der Waals surface area (Å²) in [4.78, 5) is 22.5. The molecule has 2 fully saturated rings. The van der Waals surface area contributed by atoms with Crippen molar-refractivity contribution in [1.29, 1.82) is 0 Å².